The highest BCUT2D eigenvalue weighted by atomic mass is 16.6. The first-order valence-electron chi connectivity index (χ1n) is 5.22. The van der Waals surface area contributed by atoms with Crippen molar-refractivity contribution in [1.82, 2.24) is 5.32 Å². The summed E-state index contributed by atoms with van der Waals surface area (Å²) in [6.45, 7) is 0.289. The Morgan fingerprint density at radius 2 is 2.00 bits per heavy atom. The first-order chi connectivity index (χ1) is 8.68. The molecule has 6 heteroatoms. The number of nitro groups is 1. The molecule has 1 heterocycles. The fraction of sp³-hybridized carbons (Fsp3) is 0.0833. The van der Waals surface area contributed by atoms with E-state index >= 15 is 0 Å². The van der Waals surface area contributed by atoms with E-state index in [-0.39, 0.29) is 18.0 Å². The standard InChI is InChI=1S/C12H10N2O4/c15-12(11-10(14(16)17)6-7-18-11)13-8-9-4-2-1-3-5-9/h1-7H,8H2,(H,13,15). The normalized spacial score (nSPS) is 10.0. The van der Waals surface area contributed by atoms with Crippen LogP contribution in [-0.4, -0.2) is 10.8 Å². The van der Waals surface area contributed by atoms with Gasteiger partial charge in [0.25, 0.3) is 11.7 Å². The summed E-state index contributed by atoms with van der Waals surface area (Å²) < 4.78 is 4.82. The van der Waals surface area contributed by atoms with E-state index in [1.165, 1.54) is 0 Å². The van der Waals surface area contributed by atoms with E-state index in [1.54, 1.807) is 0 Å². The number of rotatable bonds is 4. The summed E-state index contributed by atoms with van der Waals surface area (Å²) in [6, 6.07) is 10.4. The van der Waals surface area contributed by atoms with Crippen LogP contribution >= 0.6 is 0 Å². The minimum Gasteiger partial charge on any atom is -0.453 e. The van der Waals surface area contributed by atoms with Crippen LogP contribution in [0.5, 0.6) is 0 Å². The second-order valence-electron chi connectivity index (χ2n) is 3.56. The highest BCUT2D eigenvalue weighted by Crippen LogP contribution is 2.19. The number of benzene rings is 1. The second kappa shape index (κ2) is 5.13. The van der Waals surface area contributed by atoms with E-state index in [2.05, 4.69) is 5.32 Å². The van der Waals surface area contributed by atoms with Gasteiger partial charge in [-0.2, -0.15) is 0 Å². The highest BCUT2D eigenvalue weighted by molar-refractivity contribution is 5.95. The molecule has 1 aromatic carbocycles. The number of furan rings is 1. The molecule has 0 spiro atoms. The fourth-order valence-corrected chi connectivity index (χ4v) is 1.47. The Hall–Kier alpha value is -2.63. The Morgan fingerprint density at radius 1 is 1.28 bits per heavy atom. The second-order valence-corrected chi connectivity index (χ2v) is 3.56. The molecule has 0 aliphatic heterocycles. The van der Waals surface area contributed by atoms with E-state index in [0.29, 0.717) is 0 Å². The molecule has 0 bridgehead atoms. The molecular weight excluding hydrogens is 236 g/mol. The molecule has 1 aromatic heterocycles. The number of hydrogen-bond acceptors (Lipinski definition) is 4. The van der Waals surface area contributed by atoms with Crippen LogP contribution in [0.25, 0.3) is 0 Å². The van der Waals surface area contributed by atoms with Crippen molar-refractivity contribution in [3.63, 3.8) is 0 Å². The van der Waals surface area contributed by atoms with Gasteiger partial charge in [0.1, 0.15) is 0 Å². The third-order valence-electron chi connectivity index (χ3n) is 2.34. The fourth-order valence-electron chi connectivity index (χ4n) is 1.47. The molecule has 1 N–H and O–H groups in total. The zero-order valence-corrected chi connectivity index (χ0v) is 9.33. The first-order valence-corrected chi connectivity index (χ1v) is 5.22. The lowest BCUT2D eigenvalue weighted by molar-refractivity contribution is -0.385. The van der Waals surface area contributed by atoms with Gasteiger partial charge >= 0.3 is 5.69 Å². The van der Waals surface area contributed by atoms with Gasteiger partial charge in [-0.25, -0.2) is 0 Å². The summed E-state index contributed by atoms with van der Waals surface area (Å²) in [5.74, 6) is -0.883. The first kappa shape index (κ1) is 11.8. The molecule has 92 valence electrons. The summed E-state index contributed by atoms with van der Waals surface area (Å²) in [5, 5.41) is 13.2. The van der Waals surface area contributed by atoms with Gasteiger partial charge in [0.2, 0.25) is 0 Å². The number of carbonyl (C=O) groups is 1. The van der Waals surface area contributed by atoms with Gasteiger partial charge in [-0.3, -0.25) is 14.9 Å². The van der Waals surface area contributed by atoms with Crippen LogP contribution in [0, 0.1) is 10.1 Å². The van der Waals surface area contributed by atoms with Gasteiger partial charge < -0.3 is 9.73 Å². The lowest BCUT2D eigenvalue weighted by atomic mass is 10.2. The van der Waals surface area contributed by atoms with Gasteiger partial charge in [0.15, 0.2) is 0 Å². The van der Waals surface area contributed by atoms with E-state index in [9.17, 15) is 14.9 Å². The number of nitrogens with zero attached hydrogens (tertiary/aromatic N) is 1. The topological polar surface area (TPSA) is 85.4 Å². The van der Waals surface area contributed by atoms with Crippen LogP contribution in [0.1, 0.15) is 16.1 Å². The zero-order valence-electron chi connectivity index (χ0n) is 9.33. The molecule has 2 aromatic rings. The Labute approximate surface area is 102 Å². The zero-order chi connectivity index (χ0) is 13.0. The maximum atomic E-state index is 11.7. The Balaban J connectivity index is 2.04. The largest absolute Gasteiger partial charge is 0.453 e. The quantitative estimate of drug-likeness (QED) is 0.661. The molecule has 2 rings (SSSR count). The van der Waals surface area contributed by atoms with E-state index in [0.717, 1.165) is 17.9 Å². The lowest BCUT2D eigenvalue weighted by Crippen LogP contribution is -2.22. The van der Waals surface area contributed by atoms with Gasteiger partial charge in [0, 0.05) is 6.54 Å². The Kier molecular flexibility index (Phi) is 3.38. The minimum atomic E-state index is -0.652. The van der Waals surface area contributed by atoms with Gasteiger partial charge in [-0.05, 0) is 5.56 Å². The van der Waals surface area contributed by atoms with Crippen LogP contribution in [0.15, 0.2) is 47.1 Å². The third kappa shape index (κ3) is 2.54. The number of amides is 1. The van der Waals surface area contributed by atoms with Crippen LogP contribution in [-0.2, 0) is 6.54 Å². The summed E-state index contributed by atoms with van der Waals surface area (Å²) in [7, 11) is 0. The SMILES string of the molecule is O=C(NCc1ccccc1)c1occc1[N+](=O)[O-]. The average Bonchev–Trinajstić information content (AvgIpc) is 2.86. The van der Waals surface area contributed by atoms with Crippen molar-refractivity contribution in [3.05, 3.63) is 64.1 Å². The molecular formula is C12H10N2O4. The molecule has 0 saturated heterocycles. The molecule has 0 radical (unpaired) electrons. The lowest BCUT2D eigenvalue weighted by Gasteiger charge is -2.02. The summed E-state index contributed by atoms with van der Waals surface area (Å²) in [5.41, 5.74) is 0.570. The molecule has 0 fully saturated rings. The van der Waals surface area contributed by atoms with Crippen LogP contribution in [0.4, 0.5) is 5.69 Å². The van der Waals surface area contributed by atoms with Crippen LogP contribution < -0.4 is 5.32 Å². The van der Waals surface area contributed by atoms with Crippen molar-refractivity contribution in [2.24, 2.45) is 0 Å². The van der Waals surface area contributed by atoms with Gasteiger partial charge in [-0.1, -0.05) is 30.3 Å². The summed E-state index contributed by atoms with van der Waals surface area (Å²) >= 11 is 0. The number of hydrogen-bond donors (Lipinski definition) is 1. The van der Waals surface area contributed by atoms with E-state index in [1.807, 2.05) is 30.3 Å². The minimum absolute atomic E-state index is 0.282. The molecule has 0 saturated carbocycles. The van der Waals surface area contributed by atoms with Crippen molar-refractivity contribution < 1.29 is 14.1 Å². The van der Waals surface area contributed by atoms with Crippen molar-refractivity contribution in [3.8, 4) is 0 Å². The molecule has 6 nitrogen and oxygen atoms in total. The monoisotopic (exact) mass is 246 g/mol. The third-order valence-corrected chi connectivity index (χ3v) is 2.34. The van der Waals surface area contributed by atoms with Crippen molar-refractivity contribution in [2.45, 2.75) is 6.54 Å². The van der Waals surface area contributed by atoms with E-state index < -0.39 is 10.8 Å². The van der Waals surface area contributed by atoms with Crippen LogP contribution in [0.3, 0.4) is 0 Å². The van der Waals surface area contributed by atoms with Crippen molar-refractivity contribution >= 4 is 11.6 Å². The van der Waals surface area contributed by atoms with Gasteiger partial charge in [0.05, 0.1) is 17.3 Å². The predicted octanol–water partition coefficient (Wildman–Crippen LogP) is 2.12. The van der Waals surface area contributed by atoms with Crippen molar-refractivity contribution in [1.29, 1.82) is 0 Å². The molecule has 1 amide bonds. The maximum absolute atomic E-state index is 11.7. The molecule has 0 unspecified atom stereocenters. The number of carbonyl (C=O) groups excluding carboxylic acids is 1. The summed E-state index contributed by atoms with van der Waals surface area (Å²) in [6.07, 6.45) is 1.12. The maximum Gasteiger partial charge on any atom is 0.320 e. The molecule has 18 heavy (non-hydrogen) atoms. The average molecular weight is 246 g/mol. The summed E-state index contributed by atoms with van der Waals surface area (Å²) in [4.78, 5) is 21.7. The highest BCUT2D eigenvalue weighted by Gasteiger charge is 2.23. The van der Waals surface area contributed by atoms with Gasteiger partial charge in [-0.15, -0.1) is 0 Å². The smallest absolute Gasteiger partial charge is 0.320 e. The molecule has 0 aliphatic carbocycles. The Morgan fingerprint density at radius 3 is 2.67 bits per heavy atom. The predicted molar refractivity (Wildman–Crippen MR) is 63.0 cm³/mol. The molecule has 0 atom stereocenters. The molecule has 0 aliphatic rings. The number of nitrogens with one attached hydrogen (secondary N) is 1. The van der Waals surface area contributed by atoms with Crippen LogP contribution in [0.2, 0.25) is 0 Å². The van der Waals surface area contributed by atoms with Crippen molar-refractivity contribution in [2.75, 3.05) is 0 Å². The van der Waals surface area contributed by atoms with E-state index in [4.69, 9.17) is 4.42 Å². The Bertz CT molecular complexity index is 562.